The highest BCUT2D eigenvalue weighted by atomic mass is 32.2. The molecular weight excluding hydrogens is 420 g/mol. The third-order valence-corrected chi connectivity index (χ3v) is 5.69. The molecule has 1 aromatic carbocycles. The Morgan fingerprint density at radius 3 is 2.65 bits per heavy atom. The first-order chi connectivity index (χ1) is 14.8. The van der Waals surface area contributed by atoms with E-state index in [1.165, 1.54) is 0 Å². The van der Waals surface area contributed by atoms with E-state index < -0.39 is 17.1 Å². The lowest BCUT2D eigenvalue weighted by molar-refractivity contribution is -0.119. The Morgan fingerprint density at radius 2 is 1.97 bits per heavy atom. The number of rotatable bonds is 7. The topological polar surface area (TPSA) is 131 Å². The highest BCUT2D eigenvalue weighted by Gasteiger charge is 2.17. The van der Waals surface area contributed by atoms with Crippen LogP contribution in [0, 0.1) is 13.8 Å². The summed E-state index contributed by atoms with van der Waals surface area (Å²) in [6.07, 6.45) is 0. The molecule has 1 atom stereocenters. The van der Waals surface area contributed by atoms with E-state index in [2.05, 4.69) is 30.9 Å². The zero-order valence-electron chi connectivity index (χ0n) is 17.7. The normalized spacial score (nSPS) is 11.9. The number of thioether (sulfide) groups is 1. The number of amides is 3. The Balaban J connectivity index is 1.47. The number of nitrogens with zero attached hydrogens (tertiary/aromatic N) is 3. The molecule has 0 spiro atoms. The van der Waals surface area contributed by atoms with Crippen molar-refractivity contribution in [3.8, 4) is 0 Å². The van der Waals surface area contributed by atoms with Gasteiger partial charge in [0.2, 0.25) is 11.8 Å². The van der Waals surface area contributed by atoms with Gasteiger partial charge in [-0.15, -0.1) is 11.8 Å². The minimum Gasteiger partial charge on any atom is -0.360 e. The monoisotopic (exact) mass is 444 g/mol. The number of benzene rings is 1. The summed E-state index contributed by atoms with van der Waals surface area (Å²) in [6.45, 7) is 8.12. The van der Waals surface area contributed by atoms with E-state index in [1.807, 2.05) is 19.9 Å². The van der Waals surface area contributed by atoms with E-state index in [-0.39, 0.29) is 11.7 Å². The highest BCUT2D eigenvalue weighted by molar-refractivity contribution is 8.01. The lowest BCUT2D eigenvalue weighted by Gasteiger charge is -2.11. The number of aromatic nitrogens is 3. The predicted octanol–water partition coefficient (Wildman–Crippen LogP) is 2.18. The molecular formula is C20H24N6O4S. The Labute approximate surface area is 183 Å². The molecule has 2 heterocycles. The maximum absolute atomic E-state index is 12.4. The molecule has 0 saturated carbocycles. The molecule has 0 unspecified atom stereocenters. The van der Waals surface area contributed by atoms with Gasteiger partial charge in [-0.3, -0.25) is 25.2 Å². The summed E-state index contributed by atoms with van der Waals surface area (Å²) in [5.41, 5.74) is 6.80. The molecule has 10 nitrogen and oxygen atoms in total. The summed E-state index contributed by atoms with van der Waals surface area (Å²) < 4.78 is 6.94. The molecule has 3 aromatic rings. The van der Waals surface area contributed by atoms with Crippen molar-refractivity contribution in [1.29, 1.82) is 0 Å². The van der Waals surface area contributed by atoms with Crippen LogP contribution in [0.1, 0.15) is 35.8 Å². The molecule has 3 N–H and O–H groups in total. The molecule has 0 aliphatic carbocycles. The maximum atomic E-state index is 12.4. The van der Waals surface area contributed by atoms with Gasteiger partial charge in [0, 0.05) is 18.2 Å². The molecule has 11 heteroatoms. The first kappa shape index (κ1) is 22.3. The van der Waals surface area contributed by atoms with E-state index in [1.54, 1.807) is 32.0 Å². The molecule has 0 aliphatic heterocycles. The summed E-state index contributed by atoms with van der Waals surface area (Å²) in [5.74, 6) is 0.591. The van der Waals surface area contributed by atoms with Gasteiger partial charge in [-0.2, -0.15) is 0 Å². The quantitative estimate of drug-likeness (QED) is 0.476. The Bertz CT molecular complexity index is 1120. The van der Waals surface area contributed by atoms with Crippen LogP contribution in [-0.2, 0) is 16.1 Å². The van der Waals surface area contributed by atoms with Crippen molar-refractivity contribution < 1.29 is 18.9 Å². The second kappa shape index (κ2) is 9.65. The van der Waals surface area contributed by atoms with Gasteiger partial charge in [-0.1, -0.05) is 5.16 Å². The molecule has 31 heavy (non-hydrogen) atoms. The van der Waals surface area contributed by atoms with Crippen LogP contribution in [0.25, 0.3) is 11.0 Å². The zero-order chi connectivity index (χ0) is 22.5. The van der Waals surface area contributed by atoms with Crippen LogP contribution >= 0.6 is 11.8 Å². The van der Waals surface area contributed by atoms with Crippen LogP contribution in [0.2, 0.25) is 0 Å². The number of hydrazine groups is 1. The van der Waals surface area contributed by atoms with Crippen molar-refractivity contribution >= 4 is 46.3 Å². The molecule has 2 aromatic heterocycles. The van der Waals surface area contributed by atoms with Crippen molar-refractivity contribution in [2.75, 3.05) is 11.1 Å². The summed E-state index contributed by atoms with van der Waals surface area (Å²) in [7, 11) is 0. The zero-order valence-corrected chi connectivity index (χ0v) is 18.5. The van der Waals surface area contributed by atoms with Gasteiger partial charge in [0.25, 0.3) is 5.91 Å². The van der Waals surface area contributed by atoms with Gasteiger partial charge in [0.15, 0.2) is 5.82 Å². The van der Waals surface area contributed by atoms with Crippen molar-refractivity contribution in [3.63, 3.8) is 0 Å². The smallest absolute Gasteiger partial charge is 0.269 e. The number of hydrogen-bond acceptors (Lipinski definition) is 7. The van der Waals surface area contributed by atoms with Crippen LogP contribution in [0.15, 0.2) is 28.8 Å². The maximum Gasteiger partial charge on any atom is 0.269 e. The minimum absolute atomic E-state index is 0.00809. The number of carbonyl (C=O) groups is 3. The molecule has 164 valence electrons. The van der Waals surface area contributed by atoms with Crippen molar-refractivity contribution in [3.05, 3.63) is 41.4 Å². The van der Waals surface area contributed by atoms with Crippen LogP contribution < -0.4 is 16.2 Å². The van der Waals surface area contributed by atoms with Crippen molar-refractivity contribution in [1.82, 2.24) is 25.6 Å². The minimum atomic E-state index is -0.502. The molecule has 0 radical (unpaired) electrons. The van der Waals surface area contributed by atoms with E-state index >= 15 is 0 Å². The first-order valence-electron chi connectivity index (χ1n) is 9.70. The Kier molecular flexibility index (Phi) is 6.95. The van der Waals surface area contributed by atoms with Gasteiger partial charge >= 0.3 is 0 Å². The van der Waals surface area contributed by atoms with Gasteiger partial charge in [0.05, 0.1) is 22.0 Å². The number of nitrogens with one attached hydrogen (secondary N) is 3. The second-order valence-electron chi connectivity index (χ2n) is 6.87. The molecule has 3 rings (SSSR count). The number of carbonyl (C=O) groups excluding carboxylic acids is 3. The molecule has 0 aliphatic rings. The third kappa shape index (κ3) is 5.43. The fourth-order valence-electron chi connectivity index (χ4n) is 2.95. The summed E-state index contributed by atoms with van der Waals surface area (Å²) in [6, 6.07) is 6.80. The largest absolute Gasteiger partial charge is 0.360 e. The number of anilines is 1. The fourth-order valence-corrected chi connectivity index (χ4v) is 3.64. The van der Waals surface area contributed by atoms with E-state index in [9.17, 15) is 14.4 Å². The number of hydrogen-bond donors (Lipinski definition) is 3. The fraction of sp³-hybridized carbons (Fsp3) is 0.350. The lowest BCUT2D eigenvalue weighted by atomic mass is 10.2. The van der Waals surface area contributed by atoms with Crippen molar-refractivity contribution in [2.24, 2.45) is 0 Å². The standard InChI is InChI=1S/C20H24N6O4S/c1-5-26-13(4)21-15-9-14(6-7-16(15)26)20(29)24-23-18(27)10-31-12(3)19(28)22-17-8-11(2)30-25-17/h6-9,12H,5,10H2,1-4H3,(H,23,27)(H,24,29)(H,22,25,28)/t12-/m1/s1. The van der Waals surface area contributed by atoms with Gasteiger partial charge < -0.3 is 14.4 Å². The first-order valence-corrected chi connectivity index (χ1v) is 10.7. The molecule has 0 bridgehead atoms. The average Bonchev–Trinajstić information content (AvgIpc) is 3.30. The van der Waals surface area contributed by atoms with Crippen LogP contribution in [0.5, 0.6) is 0 Å². The van der Waals surface area contributed by atoms with Gasteiger partial charge in [0.1, 0.15) is 11.6 Å². The Hall–Kier alpha value is -3.34. The average molecular weight is 445 g/mol. The highest BCUT2D eigenvalue weighted by Crippen LogP contribution is 2.18. The number of fused-ring (bicyclic) bond motifs is 1. The van der Waals surface area contributed by atoms with Crippen LogP contribution in [0.4, 0.5) is 5.82 Å². The van der Waals surface area contributed by atoms with E-state index in [0.29, 0.717) is 17.1 Å². The SMILES string of the molecule is CCn1c(C)nc2cc(C(=O)NNC(=O)CS[C@H](C)C(=O)Nc3cc(C)on3)ccc21. The summed E-state index contributed by atoms with van der Waals surface area (Å²) >= 11 is 1.13. The molecule has 3 amide bonds. The van der Waals surface area contributed by atoms with Gasteiger partial charge in [-0.05, 0) is 45.9 Å². The van der Waals surface area contributed by atoms with Gasteiger partial charge in [-0.25, -0.2) is 4.98 Å². The summed E-state index contributed by atoms with van der Waals surface area (Å²) in [4.78, 5) is 41.0. The van der Waals surface area contributed by atoms with E-state index in [0.717, 1.165) is 35.2 Å². The van der Waals surface area contributed by atoms with E-state index in [4.69, 9.17) is 4.52 Å². The summed E-state index contributed by atoms with van der Waals surface area (Å²) in [5, 5.41) is 5.80. The molecule has 0 fully saturated rings. The number of aryl methyl sites for hydroxylation is 3. The lowest BCUT2D eigenvalue weighted by Crippen LogP contribution is -2.42. The van der Waals surface area contributed by atoms with Crippen molar-refractivity contribution in [2.45, 2.75) is 39.5 Å². The second-order valence-corrected chi connectivity index (χ2v) is 8.20. The molecule has 0 saturated heterocycles. The Morgan fingerprint density at radius 1 is 1.19 bits per heavy atom. The number of imidazole rings is 1. The van der Waals surface area contributed by atoms with Crippen LogP contribution in [-0.4, -0.2) is 43.4 Å². The third-order valence-electron chi connectivity index (χ3n) is 4.55. The van der Waals surface area contributed by atoms with Crippen LogP contribution in [0.3, 0.4) is 0 Å². The predicted molar refractivity (Wildman–Crippen MR) is 118 cm³/mol.